The number of rotatable bonds is 3. The Morgan fingerprint density at radius 1 is 1.04 bits per heavy atom. The van der Waals surface area contributed by atoms with E-state index in [1.54, 1.807) is 0 Å². The van der Waals surface area contributed by atoms with E-state index in [1.165, 1.54) is 47.0 Å². The third kappa shape index (κ3) is 2.75. The van der Waals surface area contributed by atoms with Crippen LogP contribution in [0.3, 0.4) is 0 Å². The molecule has 2 aromatic rings. The van der Waals surface area contributed by atoms with Crippen molar-refractivity contribution in [3.05, 3.63) is 32.8 Å². The molecule has 1 N–H and O–H groups in total. The van der Waals surface area contributed by atoms with Crippen molar-refractivity contribution in [3.8, 4) is 0 Å². The highest BCUT2D eigenvalue weighted by atomic mass is 32.2. The second kappa shape index (κ2) is 5.90. The highest BCUT2D eigenvalue weighted by Gasteiger charge is 2.25. The molecule has 130 valence electrons. The number of nitrogens with one attached hydrogen (secondary N) is 1. The van der Waals surface area contributed by atoms with Gasteiger partial charge in [-0.15, -0.1) is 0 Å². The van der Waals surface area contributed by atoms with Gasteiger partial charge in [-0.25, -0.2) is 8.42 Å². The van der Waals surface area contributed by atoms with Gasteiger partial charge in [0.1, 0.15) is 0 Å². The summed E-state index contributed by atoms with van der Waals surface area (Å²) < 4.78 is 27.5. The summed E-state index contributed by atoms with van der Waals surface area (Å²) in [7, 11) is -0.899. The van der Waals surface area contributed by atoms with Crippen molar-refractivity contribution in [1.29, 1.82) is 0 Å². The predicted octanol–water partition coefficient (Wildman–Crippen LogP) is 0.378. The molecule has 0 atom stereocenters. The maximum Gasteiger partial charge on any atom is 0.316 e. The van der Waals surface area contributed by atoms with Crippen molar-refractivity contribution in [3.63, 3.8) is 0 Å². The zero-order chi connectivity index (χ0) is 18.4. The molecule has 0 aliphatic rings. The molecule has 0 radical (unpaired) electrons. The standard InChI is InChI=1S/C15H19N3O5S/c1-8(2)24(22,23)13-7-12-11(6-10(13)16-9(3)19)17(4)14(20)15(21)18(12)5/h6-8H,1-5H3,(H,16,19). The quantitative estimate of drug-likeness (QED) is 0.803. The Morgan fingerprint density at radius 3 is 1.92 bits per heavy atom. The van der Waals surface area contributed by atoms with Gasteiger partial charge in [-0.3, -0.25) is 14.4 Å². The first-order valence-corrected chi connectivity index (χ1v) is 8.78. The van der Waals surface area contributed by atoms with Crippen LogP contribution >= 0.6 is 0 Å². The Labute approximate surface area is 138 Å². The largest absolute Gasteiger partial charge is 0.325 e. The van der Waals surface area contributed by atoms with Crippen molar-refractivity contribution >= 4 is 32.5 Å². The van der Waals surface area contributed by atoms with Crippen LogP contribution in [-0.4, -0.2) is 28.7 Å². The van der Waals surface area contributed by atoms with Crippen molar-refractivity contribution in [2.45, 2.75) is 30.9 Å². The number of sulfone groups is 1. The number of hydrogen-bond donors (Lipinski definition) is 1. The van der Waals surface area contributed by atoms with Crippen LogP contribution in [0.25, 0.3) is 11.0 Å². The maximum absolute atomic E-state index is 12.6. The van der Waals surface area contributed by atoms with E-state index in [1.807, 2.05) is 0 Å². The summed E-state index contributed by atoms with van der Waals surface area (Å²) >= 11 is 0. The molecule has 0 spiro atoms. The Morgan fingerprint density at radius 2 is 1.50 bits per heavy atom. The number of anilines is 1. The van der Waals surface area contributed by atoms with Crippen LogP contribution in [0.1, 0.15) is 20.8 Å². The fraction of sp³-hybridized carbons (Fsp3) is 0.400. The minimum absolute atomic E-state index is 0.0809. The number of nitrogens with zero attached hydrogens (tertiary/aromatic N) is 2. The zero-order valence-corrected chi connectivity index (χ0v) is 14.9. The average Bonchev–Trinajstić information content (AvgIpc) is 2.49. The Hall–Kier alpha value is -2.42. The van der Waals surface area contributed by atoms with Crippen molar-refractivity contribution in [1.82, 2.24) is 9.13 Å². The van der Waals surface area contributed by atoms with Gasteiger partial charge in [-0.1, -0.05) is 0 Å². The second-order valence-electron chi connectivity index (χ2n) is 5.84. The Bertz CT molecular complexity index is 1060. The van der Waals surface area contributed by atoms with E-state index in [2.05, 4.69) is 5.32 Å². The molecule has 2 rings (SSSR count). The van der Waals surface area contributed by atoms with Gasteiger partial charge in [-0.05, 0) is 26.0 Å². The Balaban J connectivity index is 3.05. The number of aromatic nitrogens is 2. The molecule has 1 aromatic heterocycles. The Kier molecular flexibility index (Phi) is 4.40. The molecule has 1 heterocycles. The number of amides is 1. The highest BCUT2D eigenvalue weighted by molar-refractivity contribution is 7.92. The smallest absolute Gasteiger partial charge is 0.316 e. The van der Waals surface area contributed by atoms with Crippen LogP contribution in [-0.2, 0) is 28.7 Å². The van der Waals surface area contributed by atoms with E-state index in [0.29, 0.717) is 5.52 Å². The van der Waals surface area contributed by atoms with Crippen LogP contribution in [0.5, 0.6) is 0 Å². The molecule has 8 nitrogen and oxygen atoms in total. The van der Waals surface area contributed by atoms with Gasteiger partial charge in [0.15, 0.2) is 9.84 Å². The number of carbonyl (C=O) groups excluding carboxylic acids is 1. The van der Waals surface area contributed by atoms with Crippen molar-refractivity contribution in [2.24, 2.45) is 14.1 Å². The molecular weight excluding hydrogens is 334 g/mol. The van der Waals surface area contributed by atoms with Gasteiger partial charge in [-0.2, -0.15) is 0 Å². The molecule has 0 saturated heterocycles. The van der Waals surface area contributed by atoms with Gasteiger partial charge in [0, 0.05) is 21.0 Å². The van der Waals surface area contributed by atoms with Crippen molar-refractivity contribution < 1.29 is 13.2 Å². The van der Waals surface area contributed by atoms with E-state index in [-0.39, 0.29) is 16.1 Å². The van der Waals surface area contributed by atoms with Gasteiger partial charge < -0.3 is 14.5 Å². The summed E-state index contributed by atoms with van der Waals surface area (Å²) in [5.74, 6) is -0.440. The molecule has 1 amide bonds. The minimum atomic E-state index is -3.71. The first-order valence-electron chi connectivity index (χ1n) is 7.23. The van der Waals surface area contributed by atoms with Gasteiger partial charge in [0.25, 0.3) is 0 Å². The van der Waals surface area contributed by atoms with E-state index in [4.69, 9.17) is 0 Å². The van der Waals surface area contributed by atoms with Crippen molar-refractivity contribution in [2.75, 3.05) is 5.32 Å². The summed E-state index contributed by atoms with van der Waals surface area (Å²) in [6.45, 7) is 4.31. The molecule has 9 heteroatoms. The topological polar surface area (TPSA) is 107 Å². The summed E-state index contributed by atoms with van der Waals surface area (Å²) in [6.07, 6.45) is 0. The lowest BCUT2D eigenvalue weighted by Crippen LogP contribution is -2.39. The molecular formula is C15H19N3O5S. The minimum Gasteiger partial charge on any atom is -0.325 e. The molecule has 1 aromatic carbocycles. The number of fused-ring (bicyclic) bond motifs is 1. The number of aryl methyl sites for hydroxylation is 2. The predicted molar refractivity (Wildman–Crippen MR) is 91.1 cm³/mol. The van der Waals surface area contributed by atoms with Gasteiger partial charge >= 0.3 is 11.1 Å². The average molecular weight is 353 g/mol. The lowest BCUT2D eigenvalue weighted by Gasteiger charge is -2.17. The summed E-state index contributed by atoms with van der Waals surface area (Å²) in [5, 5.41) is 1.77. The molecule has 24 heavy (non-hydrogen) atoms. The number of benzene rings is 1. The van der Waals surface area contributed by atoms with Crippen LogP contribution in [0.2, 0.25) is 0 Å². The second-order valence-corrected chi connectivity index (χ2v) is 8.31. The van der Waals surface area contributed by atoms with E-state index < -0.39 is 32.1 Å². The van der Waals surface area contributed by atoms with Crippen LogP contribution in [0, 0.1) is 0 Å². The summed E-state index contributed by atoms with van der Waals surface area (Å²) in [4.78, 5) is 35.3. The third-order valence-electron chi connectivity index (χ3n) is 3.83. The number of carbonyl (C=O) groups is 1. The molecule has 0 unspecified atom stereocenters. The summed E-state index contributed by atoms with van der Waals surface area (Å²) in [5.41, 5.74) is -0.787. The first-order chi connectivity index (χ1) is 11.0. The number of hydrogen-bond acceptors (Lipinski definition) is 5. The molecule has 0 fully saturated rings. The normalized spacial score (nSPS) is 11.9. The fourth-order valence-corrected chi connectivity index (χ4v) is 3.58. The third-order valence-corrected chi connectivity index (χ3v) is 6.02. The van der Waals surface area contributed by atoms with Gasteiger partial charge in [0.05, 0.1) is 26.9 Å². The maximum atomic E-state index is 12.6. The van der Waals surface area contributed by atoms with E-state index >= 15 is 0 Å². The lowest BCUT2D eigenvalue weighted by molar-refractivity contribution is -0.114. The van der Waals surface area contributed by atoms with E-state index in [9.17, 15) is 22.8 Å². The highest BCUT2D eigenvalue weighted by Crippen LogP contribution is 2.29. The monoisotopic (exact) mass is 353 g/mol. The van der Waals surface area contributed by atoms with Gasteiger partial charge in [0.2, 0.25) is 5.91 Å². The lowest BCUT2D eigenvalue weighted by atomic mass is 10.2. The molecule has 0 bridgehead atoms. The molecule has 0 aliphatic heterocycles. The van der Waals surface area contributed by atoms with Crippen LogP contribution < -0.4 is 16.4 Å². The van der Waals surface area contributed by atoms with Crippen LogP contribution in [0.4, 0.5) is 5.69 Å². The van der Waals surface area contributed by atoms with E-state index in [0.717, 1.165) is 9.13 Å². The van der Waals surface area contributed by atoms with Crippen LogP contribution in [0.15, 0.2) is 26.6 Å². The molecule has 0 saturated carbocycles. The SMILES string of the molecule is CC(=O)Nc1cc2c(cc1S(=O)(=O)C(C)C)n(C)c(=O)c(=O)n2C. The summed E-state index contributed by atoms with van der Waals surface area (Å²) in [6, 6.07) is 2.71. The fourth-order valence-electron chi connectivity index (χ4n) is 2.38. The molecule has 0 aliphatic carbocycles. The first kappa shape index (κ1) is 17.9. The zero-order valence-electron chi connectivity index (χ0n) is 14.1.